The van der Waals surface area contributed by atoms with Gasteiger partial charge in [0.25, 0.3) is 0 Å². The molecule has 0 radical (unpaired) electrons. The van der Waals surface area contributed by atoms with Crippen LogP contribution in [0.5, 0.6) is 0 Å². The van der Waals surface area contributed by atoms with Gasteiger partial charge in [-0.25, -0.2) is 0 Å². The van der Waals surface area contributed by atoms with Crippen molar-refractivity contribution in [3.05, 3.63) is 39.1 Å². The van der Waals surface area contributed by atoms with Gasteiger partial charge in [-0.15, -0.1) is 0 Å². The highest BCUT2D eigenvalue weighted by atomic mass is 32.1. The van der Waals surface area contributed by atoms with Gasteiger partial charge in [0.1, 0.15) is 0 Å². The Balaban J connectivity index is 2.52. The Hall–Kier alpha value is -0.870. The average molecular weight is 266 g/mol. The molecule has 0 bridgehead atoms. The molecular weight excluding hydrogens is 248 g/mol. The highest BCUT2D eigenvalue weighted by Gasteiger charge is 2.22. The Labute approximate surface area is 111 Å². The Morgan fingerprint density at radius 3 is 2.65 bits per heavy atom. The maximum absolute atomic E-state index is 5.40. The van der Waals surface area contributed by atoms with Crippen LogP contribution in [0.3, 0.4) is 0 Å². The van der Waals surface area contributed by atoms with E-state index in [4.69, 9.17) is 12.2 Å². The van der Waals surface area contributed by atoms with E-state index in [1.807, 2.05) is 6.20 Å². The van der Waals surface area contributed by atoms with Crippen LogP contribution in [0.4, 0.5) is 0 Å². The number of hydrogen-bond donors (Lipinski definition) is 1. The van der Waals surface area contributed by atoms with Gasteiger partial charge < -0.3 is 9.55 Å². The first-order valence-electron chi connectivity index (χ1n) is 5.74. The number of aromatic nitrogens is 2. The average Bonchev–Trinajstić information content (AvgIpc) is 2.83. The number of hydrogen-bond acceptors (Lipinski definition) is 2. The molecule has 0 saturated carbocycles. The number of nitrogens with one attached hydrogen (secondary N) is 1. The van der Waals surface area contributed by atoms with Crippen LogP contribution in [-0.2, 0) is 5.41 Å². The molecular formula is C13H18N2S2. The van der Waals surface area contributed by atoms with Gasteiger partial charge in [0, 0.05) is 17.3 Å². The lowest BCUT2D eigenvalue weighted by Gasteiger charge is -2.24. The molecule has 4 heteroatoms. The van der Waals surface area contributed by atoms with E-state index in [9.17, 15) is 0 Å². The fraction of sp³-hybridized carbons (Fsp3) is 0.462. The summed E-state index contributed by atoms with van der Waals surface area (Å²) in [7, 11) is 0. The summed E-state index contributed by atoms with van der Waals surface area (Å²) in [5.74, 6) is 0. The van der Waals surface area contributed by atoms with E-state index >= 15 is 0 Å². The second-order valence-electron chi connectivity index (χ2n) is 5.33. The lowest BCUT2D eigenvalue weighted by Crippen LogP contribution is -2.20. The summed E-state index contributed by atoms with van der Waals surface area (Å²) in [6.07, 6.45) is 2.03. The summed E-state index contributed by atoms with van der Waals surface area (Å²) in [4.78, 5) is 3.17. The standard InChI is InChI=1S/C13H18N2S2/c1-9(10-5-6-17-8-10)15-11(13(2,3)4)7-14-12(15)16/h5-9H,1-4H3,(H,14,16). The highest BCUT2D eigenvalue weighted by Crippen LogP contribution is 2.29. The normalized spacial score (nSPS) is 13.9. The van der Waals surface area contributed by atoms with Crippen molar-refractivity contribution < 1.29 is 0 Å². The van der Waals surface area contributed by atoms with Crippen LogP contribution in [0.15, 0.2) is 23.0 Å². The molecule has 2 aromatic rings. The van der Waals surface area contributed by atoms with Gasteiger partial charge in [-0.05, 0) is 41.5 Å². The molecule has 0 aliphatic carbocycles. The summed E-state index contributed by atoms with van der Waals surface area (Å²) in [5, 5.41) is 4.30. The molecule has 92 valence electrons. The molecule has 1 unspecified atom stereocenters. The van der Waals surface area contributed by atoms with E-state index in [2.05, 4.69) is 54.1 Å². The first kappa shape index (κ1) is 12.6. The Kier molecular flexibility index (Phi) is 3.27. The fourth-order valence-electron chi connectivity index (χ4n) is 2.00. The minimum absolute atomic E-state index is 0.0951. The molecule has 0 fully saturated rings. The molecule has 1 atom stereocenters. The second kappa shape index (κ2) is 4.42. The van der Waals surface area contributed by atoms with Crippen molar-refractivity contribution in [2.24, 2.45) is 0 Å². The Morgan fingerprint density at radius 2 is 2.12 bits per heavy atom. The van der Waals surface area contributed by atoms with Crippen LogP contribution < -0.4 is 0 Å². The van der Waals surface area contributed by atoms with E-state index < -0.39 is 0 Å². The Bertz CT molecular complexity index is 541. The number of imidazole rings is 1. The first-order valence-corrected chi connectivity index (χ1v) is 7.09. The molecule has 0 saturated heterocycles. The van der Waals surface area contributed by atoms with Gasteiger partial charge >= 0.3 is 0 Å². The van der Waals surface area contributed by atoms with Crippen LogP contribution in [0.25, 0.3) is 0 Å². The number of rotatable bonds is 2. The van der Waals surface area contributed by atoms with Crippen LogP contribution >= 0.6 is 23.6 Å². The third kappa shape index (κ3) is 2.38. The predicted molar refractivity (Wildman–Crippen MR) is 76.4 cm³/mol. The molecule has 2 heterocycles. The van der Waals surface area contributed by atoms with Crippen molar-refractivity contribution in [1.82, 2.24) is 9.55 Å². The third-order valence-electron chi connectivity index (χ3n) is 2.99. The summed E-state index contributed by atoms with van der Waals surface area (Å²) < 4.78 is 3.02. The molecule has 0 spiro atoms. The van der Waals surface area contributed by atoms with E-state index in [0.29, 0.717) is 0 Å². The quantitative estimate of drug-likeness (QED) is 0.793. The number of thiophene rings is 1. The van der Waals surface area contributed by atoms with Gasteiger partial charge in [0.15, 0.2) is 4.77 Å². The topological polar surface area (TPSA) is 20.7 Å². The van der Waals surface area contributed by atoms with Crippen molar-refractivity contribution >= 4 is 23.6 Å². The SMILES string of the molecule is CC(c1ccsc1)n1c(C(C)(C)C)c[nH]c1=S. The summed E-state index contributed by atoms with van der Waals surface area (Å²) in [6, 6.07) is 2.45. The predicted octanol–water partition coefficient (Wildman–Crippen LogP) is 4.51. The largest absolute Gasteiger partial charge is 0.337 e. The fourth-order valence-corrected chi connectivity index (χ4v) is 3.07. The molecule has 0 aromatic carbocycles. The maximum atomic E-state index is 5.40. The number of nitrogens with zero attached hydrogens (tertiary/aromatic N) is 1. The zero-order valence-electron chi connectivity index (χ0n) is 10.7. The van der Waals surface area contributed by atoms with Crippen LogP contribution in [-0.4, -0.2) is 9.55 Å². The van der Waals surface area contributed by atoms with Crippen molar-refractivity contribution in [2.75, 3.05) is 0 Å². The van der Waals surface area contributed by atoms with Gasteiger partial charge in [0.05, 0.1) is 6.04 Å². The van der Waals surface area contributed by atoms with Crippen molar-refractivity contribution in [3.8, 4) is 0 Å². The molecule has 2 aromatic heterocycles. The number of H-pyrrole nitrogens is 1. The van der Waals surface area contributed by atoms with E-state index in [0.717, 1.165) is 4.77 Å². The summed E-state index contributed by atoms with van der Waals surface area (Å²) in [5.41, 5.74) is 2.66. The summed E-state index contributed by atoms with van der Waals surface area (Å²) in [6.45, 7) is 8.83. The molecule has 0 aliphatic heterocycles. The third-order valence-corrected chi connectivity index (χ3v) is 4.01. The molecule has 0 aliphatic rings. The Morgan fingerprint density at radius 1 is 1.41 bits per heavy atom. The molecule has 0 amide bonds. The van der Waals surface area contributed by atoms with E-state index in [1.54, 1.807) is 11.3 Å². The monoisotopic (exact) mass is 266 g/mol. The first-order chi connectivity index (χ1) is 7.91. The summed E-state index contributed by atoms with van der Waals surface area (Å²) >= 11 is 7.13. The molecule has 2 nitrogen and oxygen atoms in total. The van der Waals surface area contributed by atoms with Gasteiger partial charge in [-0.3, -0.25) is 0 Å². The highest BCUT2D eigenvalue weighted by molar-refractivity contribution is 7.71. The second-order valence-corrected chi connectivity index (χ2v) is 6.50. The minimum Gasteiger partial charge on any atom is -0.337 e. The maximum Gasteiger partial charge on any atom is 0.177 e. The molecule has 1 N–H and O–H groups in total. The zero-order valence-corrected chi connectivity index (χ0v) is 12.3. The molecule has 17 heavy (non-hydrogen) atoms. The van der Waals surface area contributed by atoms with Gasteiger partial charge in [-0.1, -0.05) is 20.8 Å². The van der Waals surface area contributed by atoms with Crippen LogP contribution in [0.2, 0.25) is 0 Å². The van der Waals surface area contributed by atoms with Crippen molar-refractivity contribution in [1.29, 1.82) is 0 Å². The lowest BCUT2D eigenvalue weighted by atomic mass is 9.92. The van der Waals surface area contributed by atoms with E-state index in [-0.39, 0.29) is 11.5 Å². The van der Waals surface area contributed by atoms with Crippen LogP contribution in [0, 0.1) is 4.77 Å². The zero-order chi connectivity index (χ0) is 12.6. The van der Waals surface area contributed by atoms with Gasteiger partial charge in [0.2, 0.25) is 0 Å². The minimum atomic E-state index is 0.0951. The van der Waals surface area contributed by atoms with Crippen molar-refractivity contribution in [2.45, 2.75) is 39.2 Å². The van der Waals surface area contributed by atoms with Gasteiger partial charge in [-0.2, -0.15) is 11.3 Å². The van der Waals surface area contributed by atoms with Crippen molar-refractivity contribution in [3.63, 3.8) is 0 Å². The smallest absolute Gasteiger partial charge is 0.177 e. The number of aromatic amines is 1. The van der Waals surface area contributed by atoms with E-state index in [1.165, 1.54) is 11.3 Å². The molecule has 2 rings (SSSR count). The lowest BCUT2D eigenvalue weighted by molar-refractivity contribution is 0.496. The van der Waals surface area contributed by atoms with Crippen LogP contribution in [0.1, 0.15) is 45.0 Å².